The van der Waals surface area contributed by atoms with Gasteiger partial charge in [0.2, 0.25) is 5.91 Å². The van der Waals surface area contributed by atoms with Crippen molar-refractivity contribution >= 4 is 5.91 Å². The number of carbonyl (C=O) groups excluding carboxylic acids is 1. The fourth-order valence-corrected chi connectivity index (χ4v) is 2.06. The molecule has 1 unspecified atom stereocenters. The number of pyridine rings is 1. The van der Waals surface area contributed by atoms with Crippen molar-refractivity contribution in [2.75, 3.05) is 0 Å². The molecule has 0 bridgehead atoms. The highest BCUT2D eigenvalue weighted by molar-refractivity contribution is 5.79. The van der Waals surface area contributed by atoms with E-state index in [0.29, 0.717) is 13.0 Å². The van der Waals surface area contributed by atoms with Crippen LogP contribution in [0.1, 0.15) is 24.8 Å². The molecule has 1 saturated carbocycles. The summed E-state index contributed by atoms with van der Waals surface area (Å²) in [6, 6.07) is 3.69. The molecule has 3 N–H and O–H groups in total. The lowest BCUT2D eigenvalue weighted by Gasteiger charge is -2.14. The van der Waals surface area contributed by atoms with Gasteiger partial charge in [-0.05, 0) is 18.1 Å². The van der Waals surface area contributed by atoms with Gasteiger partial charge in [-0.15, -0.1) is 0 Å². The van der Waals surface area contributed by atoms with Gasteiger partial charge < -0.3 is 15.5 Å². The molecule has 5 nitrogen and oxygen atoms in total. The van der Waals surface area contributed by atoms with Crippen LogP contribution in [0, 0.1) is 5.92 Å². The van der Waals surface area contributed by atoms with Crippen LogP contribution in [0.3, 0.4) is 0 Å². The Morgan fingerprint density at radius 1 is 1.59 bits per heavy atom. The first-order valence-electron chi connectivity index (χ1n) is 5.68. The molecule has 1 aliphatic rings. The quantitative estimate of drug-likeness (QED) is 0.654. The van der Waals surface area contributed by atoms with Crippen LogP contribution in [0.5, 0.6) is 0 Å². The summed E-state index contributed by atoms with van der Waals surface area (Å²) in [6.45, 7) is 0.424. The second kappa shape index (κ2) is 4.81. The average Bonchev–Trinajstić information content (AvgIpc) is 2.68. The average molecular weight is 236 g/mol. The molecule has 0 aromatic carbocycles. The third-order valence-electron chi connectivity index (χ3n) is 3.03. The molecule has 1 amide bonds. The van der Waals surface area contributed by atoms with Crippen LogP contribution in [-0.4, -0.2) is 26.9 Å². The highest BCUT2D eigenvalue weighted by Gasteiger charge is 2.38. The normalized spacial score (nSPS) is 22.4. The number of aliphatic hydroxyl groups is 2. The number of hydrogen-bond donors (Lipinski definition) is 3. The summed E-state index contributed by atoms with van der Waals surface area (Å²) in [6.07, 6.45) is 4.27. The second-order valence-electron chi connectivity index (χ2n) is 4.50. The highest BCUT2D eigenvalue weighted by Crippen LogP contribution is 2.32. The van der Waals surface area contributed by atoms with Gasteiger partial charge in [0, 0.05) is 37.7 Å². The lowest BCUT2D eigenvalue weighted by Crippen LogP contribution is -2.31. The van der Waals surface area contributed by atoms with Gasteiger partial charge in [0.25, 0.3) is 0 Å². The highest BCUT2D eigenvalue weighted by atomic mass is 16.5. The van der Waals surface area contributed by atoms with E-state index in [4.69, 9.17) is 0 Å². The van der Waals surface area contributed by atoms with Gasteiger partial charge in [0.05, 0.1) is 0 Å². The largest absolute Gasteiger partial charge is 0.366 e. The van der Waals surface area contributed by atoms with Crippen molar-refractivity contribution in [3.63, 3.8) is 0 Å². The zero-order chi connectivity index (χ0) is 12.3. The van der Waals surface area contributed by atoms with Crippen LogP contribution in [0.15, 0.2) is 24.5 Å². The molecule has 17 heavy (non-hydrogen) atoms. The standard InChI is InChI=1S/C12H16N2O3/c15-11(10-3-4-12(16,17)6-10)14-8-9-2-1-5-13-7-9/h1-2,5,7,10,16-17H,3-4,6,8H2,(H,14,15). The Balaban J connectivity index is 1.83. The van der Waals surface area contributed by atoms with Crippen LogP contribution in [0.25, 0.3) is 0 Å². The van der Waals surface area contributed by atoms with Crippen molar-refractivity contribution in [3.8, 4) is 0 Å². The Bertz CT molecular complexity index is 392. The summed E-state index contributed by atoms with van der Waals surface area (Å²) in [5.74, 6) is -2.10. The van der Waals surface area contributed by atoms with Gasteiger partial charge in [-0.25, -0.2) is 0 Å². The molecule has 5 heteroatoms. The van der Waals surface area contributed by atoms with Crippen LogP contribution in [0.2, 0.25) is 0 Å². The number of hydrogen-bond acceptors (Lipinski definition) is 4. The maximum absolute atomic E-state index is 11.8. The summed E-state index contributed by atoms with van der Waals surface area (Å²) in [7, 11) is 0. The molecule has 0 spiro atoms. The van der Waals surface area contributed by atoms with Gasteiger partial charge in [-0.1, -0.05) is 6.07 Å². The number of rotatable bonds is 3. The molecule has 1 atom stereocenters. The van der Waals surface area contributed by atoms with Crippen molar-refractivity contribution in [2.45, 2.75) is 31.6 Å². The summed E-state index contributed by atoms with van der Waals surface area (Å²) >= 11 is 0. The lowest BCUT2D eigenvalue weighted by molar-refractivity contribution is -0.158. The van der Waals surface area contributed by atoms with E-state index in [1.807, 2.05) is 12.1 Å². The van der Waals surface area contributed by atoms with Gasteiger partial charge in [-0.3, -0.25) is 9.78 Å². The molecule has 1 heterocycles. The van der Waals surface area contributed by atoms with Crippen molar-refractivity contribution in [1.82, 2.24) is 10.3 Å². The summed E-state index contributed by atoms with van der Waals surface area (Å²) < 4.78 is 0. The smallest absolute Gasteiger partial charge is 0.223 e. The Morgan fingerprint density at radius 3 is 3.00 bits per heavy atom. The first-order valence-corrected chi connectivity index (χ1v) is 5.68. The molecule has 1 aromatic rings. The van der Waals surface area contributed by atoms with E-state index in [9.17, 15) is 15.0 Å². The molecule has 92 valence electrons. The van der Waals surface area contributed by atoms with Gasteiger partial charge >= 0.3 is 0 Å². The third kappa shape index (κ3) is 3.25. The predicted molar refractivity (Wildman–Crippen MR) is 60.6 cm³/mol. The summed E-state index contributed by atoms with van der Waals surface area (Å²) in [5, 5.41) is 21.5. The zero-order valence-corrected chi connectivity index (χ0v) is 9.47. The van der Waals surface area contributed by atoms with E-state index in [1.54, 1.807) is 12.4 Å². The fraction of sp³-hybridized carbons (Fsp3) is 0.500. The minimum Gasteiger partial charge on any atom is -0.366 e. The Hall–Kier alpha value is -1.46. The number of aromatic nitrogens is 1. The first-order chi connectivity index (χ1) is 8.07. The molecule has 0 saturated heterocycles. The Labute approximate surface area is 99.5 Å². The van der Waals surface area contributed by atoms with Gasteiger partial charge in [-0.2, -0.15) is 0 Å². The summed E-state index contributed by atoms with van der Waals surface area (Å²) in [5.41, 5.74) is 0.929. The zero-order valence-electron chi connectivity index (χ0n) is 9.47. The molecular formula is C12H16N2O3. The number of nitrogens with zero attached hydrogens (tertiary/aromatic N) is 1. The van der Waals surface area contributed by atoms with E-state index < -0.39 is 5.79 Å². The topological polar surface area (TPSA) is 82.5 Å². The second-order valence-corrected chi connectivity index (χ2v) is 4.50. The maximum Gasteiger partial charge on any atom is 0.223 e. The third-order valence-corrected chi connectivity index (χ3v) is 3.03. The fourth-order valence-electron chi connectivity index (χ4n) is 2.06. The minimum absolute atomic E-state index is 0.117. The van der Waals surface area contributed by atoms with Crippen molar-refractivity contribution < 1.29 is 15.0 Å². The molecule has 1 aromatic heterocycles. The summed E-state index contributed by atoms with van der Waals surface area (Å²) in [4.78, 5) is 15.7. The van der Waals surface area contributed by atoms with E-state index in [0.717, 1.165) is 5.56 Å². The first kappa shape index (κ1) is 12.0. The maximum atomic E-state index is 11.8. The number of nitrogens with one attached hydrogen (secondary N) is 1. The van der Waals surface area contributed by atoms with E-state index >= 15 is 0 Å². The van der Waals surface area contributed by atoms with Crippen LogP contribution < -0.4 is 5.32 Å². The number of amides is 1. The van der Waals surface area contributed by atoms with Crippen LogP contribution >= 0.6 is 0 Å². The van der Waals surface area contributed by atoms with Gasteiger partial charge in [0.15, 0.2) is 5.79 Å². The molecule has 0 aliphatic heterocycles. The molecule has 0 radical (unpaired) electrons. The monoisotopic (exact) mass is 236 g/mol. The minimum atomic E-state index is -1.67. The SMILES string of the molecule is O=C(NCc1cccnc1)C1CCC(O)(O)C1. The molecular weight excluding hydrogens is 220 g/mol. The molecule has 1 aliphatic carbocycles. The molecule has 2 rings (SSSR count). The lowest BCUT2D eigenvalue weighted by atomic mass is 10.1. The number of carbonyl (C=O) groups is 1. The Morgan fingerprint density at radius 2 is 2.41 bits per heavy atom. The van der Waals surface area contributed by atoms with Crippen molar-refractivity contribution in [1.29, 1.82) is 0 Å². The Kier molecular flexibility index (Phi) is 3.40. The van der Waals surface area contributed by atoms with E-state index in [2.05, 4.69) is 10.3 Å². The molecule has 1 fully saturated rings. The van der Waals surface area contributed by atoms with Crippen molar-refractivity contribution in [2.24, 2.45) is 5.92 Å². The van der Waals surface area contributed by atoms with Crippen LogP contribution in [-0.2, 0) is 11.3 Å². The van der Waals surface area contributed by atoms with E-state index in [-0.39, 0.29) is 24.7 Å². The van der Waals surface area contributed by atoms with Gasteiger partial charge in [0.1, 0.15) is 0 Å². The predicted octanol–water partition coefficient (Wildman–Crippen LogP) is 0.179. The van der Waals surface area contributed by atoms with Crippen LogP contribution in [0.4, 0.5) is 0 Å². The van der Waals surface area contributed by atoms with Crippen molar-refractivity contribution in [3.05, 3.63) is 30.1 Å². The van der Waals surface area contributed by atoms with E-state index in [1.165, 1.54) is 0 Å².